The maximum atomic E-state index is 10.6. The SMILES string of the molecule is Cc1snc2cc(C(=O)O)ccc12. The van der Waals surface area contributed by atoms with Crippen LogP contribution in [0.4, 0.5) is 0 Å². The molecule has 0 fully saturated rings. The number of aryl methyl sites for hydroxylation is 1. The summed E-state index contributed by atoms with van der Waals surface area (Å²) in [4.78, 5) is 11.7. The Kier molecular flexibility index (Phi) is 1.77. The first kappa shape index (κ1) is 8.19. The zero-order valence-electron chi connectivity index (χ0n) is 6.94. The van der Waals surface area contributed by atoms with Gasteiger partial charge in [0.25, 0.3) is 0 Å². The molecule has 4 heteroatoms. The van der Waals surface area contributed by atoms with Crippen molar-refractivity contribution < 1.29 is 9.90 Å². The van der Waals surface area contributed by atoms with Crippen LogP contribution in [0, 0.1) is 6.92 Å². The first-order chi connectivity index (χ1) is 6.18. The van der Waals surface area contributed by atoms with E-state index in [0.717, 1.165) is 15.8 Å². The Bertz CT molecular complexity index is 475. The summed E-state index contributed by atoms with van der Waals surface area (Å²) in [5.74, 6) is -0.910. The highest BCUT2D eigenvalue weighted by Gasteiger charge is 2.06. The molecule has 1 aromatic carbocycles. The van der Waals surface area contributed by atoms with Gasteiger partial charge in [0.05, 0.1) is 11.1 Å². The van der Waals surface area contributed by atoms with Gasteiger partial charge in [0.2, 0.25) is 0 Å². The molecule has 0 radical (unpaired) electrons. The lowest BCUT2D eigenvalue weighted by molar-refractivity contribution is 0.0697. The maximum Gasteiger partial charge on any atom is 0.335 e. The molecule has 3 nitrogen and oxygen atoms in total. The number of fused-ring (bicyclic) bond motifs is 1. The average Bonchev–Trinajstić information content (AvgIpc) is 2.47. The van der Waals surface area contributed by atoms with Crippen LogP contribution in [-0.2, 0) is 0 Å². The Balaban J connectivity index is 2.70. The Morgan fingerprint density at radius 3 is 3.00 bits per heavy atom. The average molecular weight is 193 g/mol. The number of rotatable bonds is 1. The molecule has 0 saturated carbocycles. The molecule has 0 spiro atoms. The second kappa shape index (κ2) is 2.81. The van der Waals surface area contributed by atoms with Crippen LogP contribution in [0.15, 0.2) is 18.2 Å². The van der Waals surface area contributed by atoms with E-state index in [0.29, 0.717) is 0 Å². The van der Waals surface area contributed by atoms with Gasteiger partial charge in [-0.1, -0.05) is 6.07 Å². The van der Waals surface area contributed by atoms with Crippen molar-refractivity contribution in [3.63, 3.8) is 0 Å². The predicted molar refractivity (Wildman–Crippen MR) is 51.3 cm³/mol. The lowest BCUT2D eigenvalue weighted by Crippen LogP contribution is -1.94. The van der Waals surface area contributed by atoms with Crippen LogP contribution in [0.1, 0.15) is 15.2 Å². The van der Waals surface area contributed by atoms with Crippen molar-refractivity contribution in [1.82, 2.24) is 4.37 Å². The van der Waals surface area contributed by atoms with E-state index in [4.69, 9.17) is 5.11 Å². The van der Waals surface area contributed by atoms with Crippen LogP contribution in [-0.4, -0.2) is 15.4 Å². The molecular weight excluding hydrogens is 186 g/mol. The summed E-state index contributed by atoms with van der Waals surface area (Å²) in [5.41, 5.74) is 1.06. The summed E-state index contributed by atoms with van der Waals surface area (Å²) in [6.07, 6.45) is 0. The predicted octanol–water partition coefficient (Wildman–Crippen LogP) is 2.30. The highest BCUT2D eigenvalue weighted by Crippen LogP contribution is 2.22. The quantitative estimate of drug-likeness (QED) is 0.756. The van der Waals surface area contributed by atoms with Crippen molar-refractivity contribution in [2.45, 2.75) is 6.92 Å². The van der Waals surface area contributed by atoms with E-state index in [9.17, 15) is 4.79 Å². The van der Waals surface area contributed by atoms with Gasteiger partial charge in [-0.25, -0.2) is 4.79 Å². The summed E-state index contributed by atoms with van der Waals surface area (Å²) >= 11 is 1.40. The molecule has 66 valence electrons. The molecule has 1 N–H and O–H groups in total. The highest BCUT2D eigenvalue weighted by molar-refractivity contribution is 7.07. The van der Waals surface area contributed by atoms with E-state index >= 15 is 0 Å². The molecule has 2 aromatic rings. The summed E-state index contributed by atoms with van der Waals surface area (Å²) < 4.78 is 4.14. The summed E-state index contributed by atoms with van der Waals surface area (Å²) in [5, 5.41) is 9.76. The third-order valence-corrected chi connectivity index (χ3v) is 2.69. The molecule has 0 aliphatic rings. The second-order valence-corrected chi connectivity index (χ2v) is 3.75. The molecule has 0 aliphatic heterocycles. The zero-order chi connectivity index (χ0) is 9.42. The van der Waals surface area contributed by atoms with E-state index in [1.807, 2.05) is 6.92 Å². The number of nitrogens with zero attached hydrogens (tertiary/aromatic N) is 1. The summed E-state index contributed by atoms with van der Waals surface area (Å²) in [6.45, 7) is 1.97. The Morgan fingerprint density at radius 2 is 2.31 bits per heavy atom. The van der Waals surface area contributed by atoms with E-state index in [2.05, 4.69) is 4.37 Å². The minimum absolute atomic E-state index is 0.290. The van der Waals surface area contributed by atoms with Crippen molar-refractivity contribution in [3.05, 3.63) is 28.6 Å². The molecular formula is C9H7NO2S. The fourth-order valence-electron chi connectivity index (χ4n) is 1.20. The Morgan fingerprint density at radius 1 is 1.54 bits per heavy atom. The van der Waals surface area contributed by atoms with Crippen LogP contribution in [0.2, 0.25) is 0 Å². The molecule has 13 heavy (non-hydrogen) atoms. The van der Waals surface area contributed by atoms with Crippen LogP contribution < -0.4 is 0 Å². The fraction of sp³-hybridized carbons (Fsp3) is 0.111. The number of aromatic carboxylic acids is 1. The Hall–Kier alpha value is -1.42. The third kappa shape index (κ3) is 1.29. The summed E-state index contributed by atoms with van der Waals surface area (Å²) in [6, 6.07) is 5.00. The van der Waals surface area contributed by atoms with Gasteiger partial charge < -0.3 is 5.11 Å². The minimum Gasteiger partial charge on any atom is -0.478 e. The molecule has 0 amide bonds. The number of hydrogen-bond acceptors (Lipinski definition) is 3. The van der Waals surface area contributed by atoms with Gasteiger partial charge in [0, 0.05) is 10.3 Å². The number of carboxylic acid groups (broad SMARTS) is 1. The van der Waals surface area contributed by atoms with Crippen molar-refractivity contribution in [1.29, 1.82) is 0 Å². The number of carbonyl (C=O) groups is 1. The van der Waals surface area contributed by atoms with Crippen LogP contribution in [0.5, 0.6) is 0 Å². The van der Waals surface area contributed by atoms with Gasteiger partial charge in [-0.3, -0.25) is 0 Å². The smallest absolute Gasteiger partial charge is 0.335 e. The first-order valence-electron chi connectivity index (χ1n) is 3.78. The molecule has 0 saturated heterocycles. The standard InChI is InChI=1S/C9H7NO2S/c1-5-7-3-2-6(9(11)12)4-8(7)10-13-5/h2-4H,1H3,(H,11,12). The van der Waals surface area contributed by atoms with Crippen LogP contribution in [0.3, 0.4) is 0 Å². The lowest BCUT2D eigenvalue weighted by atomic mass is 10.1. The van der Waals surface area contributed by atoms with Gasteiger partial charge in [0.15, 0.2) is 0 Å². The third-order valence-electron chi connectivity index (χ3n) is 1.90. The normalized spacial score (nSPS) is 10.5. The van der Waals surface area contributed by atoms with E-state index in [-0.39, 0.29) is 5.56 Å². The molecule has 0 unspecified atom stereocenters. The van der Waals surface area contributed by atoms with Gasteiger partial charge in [0.1, 0.15) is 0 Å². The molecule has 2 rings (SSSR count). The summed E-state index contributed by atoms with van der Waals surface area (Å²) in [7, 11) is 0. The van der Waals surface area contributed by atoms with Crippen molar-refractivity contribution in [3.8, 4) is 0 Å². The monoisotopic (exact) mass is 193 g/mol. The van der Waals surface area contributed by atoms with Gasteiger partial charge in [-0.2, -0.15) is 4.37 Å². The topological polar surface area (TPSA) is 50.2 Å². The van der Waals surface area contributed by atoms with Gasteiger partial charge >= 0.3 is 5.97 Å². The van der Waals surface area contributed by atoms with E-state index in [1.54, 1.807) is 18.2 Å². The minimum atomic E-state index is -0.910. The number of aromatic nitrogens is 1. The van der Waals surface area contributed by atoms with E-state index in [1.165, 1.54) is 11.5 Å². The number of benzene rings is 1. The molecule has 1 aromatic heterocycles. The van der Waals surface area contributed by atoms with Crippen LogP contribution in [0.25, 0.3) is 10.9 Å². The highest BCUT2D eigenvalue weighted by atomic mass is 32.1. The van der Waals surface area contributed by atoms with Crippen LogP contribution >= 0.6 is 11.5 Å². The molecule has 0 atom stereocenters. The number of hydrogen-bond donors (Lipinski definition) is 1. The molecule has 1 heterocycles. The van der Waals surface area contributed by atoms with E-state index < -0.39 is 5.97 Å². The zero-order valence-corrected chi connectivity index (χ0v) is 7.76. The molecule has 0 bridgehead atoms. The lowest BCUT2D eigenvalue weighted by Gasteiger charge is -1.93. The second-order valence-electron chi connectivity index (χ2n) is 2.78. The van der Waals surface area contributed by atoms with Crippen molar-refractivity contribution >= 4 is 28.4 Å². The van der Waals surface area contributed by atoms with Gasteiger partial charge in [-0.15, -0.1) is 0 Å². The van der Waals surface area contributed by atoms with Crippen molar-refractivity contribution in [2.75, 3.05) is 0 Å². The number of carboxylic acids is 1. The largest absolute Gasteiger partial charge is 0.478 e. The fourth-order valence-corrected chi connectivity index (χ4v) is 1.86. The molecule has 0 aliphatic carbocycles. The van der Waals surface area contributed by atoms with Crippen molar-refractivity contribution in [2.24, 2.45) is 0 Å². The Labute approximate surface area is 78.8 Å². The first-order valence-corrected chi connectivity index (χ1v) is 4.55. The maximum absolute atomic E-state index is 10.6. The van der Waals surface area contributed by atoms with Gasteiger partial charge in [-0.05, 0) is 30.6 Å².